The molecular formula is C20H21N3O3S. The van der Waals surface area contributed by atoms with Gasteiger partial charge < -0.3 is 10.2 Å². The first-order valence-electron chi connectivity index (χ1n) is 9.10. The molecule has 1 amide bonds. The number of benzene rings is 2. The molecule has 0 unspecified atom stereocenters. The summed E-state index contributed by atoms with van der Waals surface area (Å²) >= 11 is 0. The lowest BCUT2D eigenvalue weighted by Gasteiger charge is -2.25. The van der Waals surface area contributed by atoms with Crippen molar-refractivity contribution in [1.82, 2.24) is 4.90 Å². The summed E-state index contributed by atoms with van der Waals surface area (Å²) in [6, 6.07) is 14.1. The number of aryl methyl sites for hydroxylation is 1. The van der Waals surface area contributed by atoms with Gasteiger partial charge in [-0.25, -0.2) is 0 Å². The van der Waals surface area contributed by atoms with Crippen molar-refractivity contribution in [3.63, 3.8) is 0 Å². The van der Waals surface area contributed by atoms with E-state index in [9.17, 15) is 13.2 Å². The molecule has 1 N–H and O–H groups in total. The van der Waals surface area contributed by atoms with E-state index >= 15 is 0 Å². The van der Waals surface area contributed by atoms with Gasteiger partial charge in [-0.05, 0) is 49.1 Å². The van der Waals surface area contributed by atoms with Crippen LogP contribution in [0.2, 0.25) is 0 Å². The number of fused-ring (bicyclic) bond motifs is 1. The summed E-state index contributed by atoms with van der Waals surface area (Å²) in [5.41, 5.74) is 2.48. The number of nitrogens with zero attached hydrogens (tertiary/aromatic N) is 2. The van der Waals surface area contributed by atoms with Crippen molar-refractivity contribution >= 4 is 27.5 Å². The van der Waals surface area contributed by atoms with Crippen molar-refractivity contribution in [3.05, 3.63) is 59.7 Å². The summed E-state index contributed by atoms with van der Waals surface area (Å²) < 4.78 is 28.7. The van der Waals surface area contributed by atoms with Crippen molar-refractivity contribution in [1.29, 1.82) is 0 Å². The fourth-order valence-corrected chi connectivity index (χ4v) is 4.90. The molecule has 6 nitrogen and oxygen atoms in total. The molecule has 1 atom stereocenters. The molecule has 4 rings (SSSR count). The van der Waals surface area contributed by atoms with Crippen molar-refractivity contribution in [3.8, 4) is 0 Å². The summed E-state index contributed by atoms with van der Waals surface area (Å²) in [6.45, 7) is 2.67. The average Bonchev–Trinajstić information content (AvgIpc) is 3.25. The van der Waals surface area contributed by atoms with E-state index in [-0.39, 0.29) is 10.8 Å². The largest absolute Gasteiger partial charge is 0.343 e. The number of hydrogen-bond donors (Lipinski definition) is 1. The first kappa shape index (κ1) is 17.7. The predicted octanol–water partition coefficient (Wildman–Crippen LogP) is 2.80. The molecule has 0 spiro atoms. The zero-order valence-electron chi connectivity index (χ0n) is 15.1. The first-order chi connectivity index (χ1) is 13.0. The number of anilines is 1. The third-order valence-corrected chi connectivity index (χ3v) is 6.37. The number of rotatable bonds is 3. The molecule has 0 aromatic heterocycles. The molecule has 1 saturated heterocycles. The van der Waals surface area contributed by atoms with Crippen LogP contribution in [0.5, 0.6) is 0 Å². The lowest BCUT2D eigenvalue weighted by Crippen LogP contribution is -2.43. The van der Waals surface area contributed by atoms with Crippen LogP contribution in [-0.4, -0.2) is 37.6 Å². The number of hydrogen-bond acceptors (Lipinski definition) is 4. The van der Waals surface area contributed by atoms with Gasteiger partial charge in [-0.2, -0.15) is 8.42 Å². The number of sulfonamides is 1. The minimum Gasteiger partial charge on any atom is -0.343 e. The molecule has 0 aliphatic carbocycles. The lowest BCUT2D eigenvalue weighted by molar-refractivity contribution is -0.119. The van der Waals surface area contributed by atoms with Crippen LogP contribution in [-0.2, 0) is 21.2 Å². The minimum absolute atomic E-state index is 0.134. The zero-order valence-corrected chi connectivity index (χ0v) is 15.9. The van der Waals surface area contributed by atoms with Crippen LogP contribution in [0.15, 0.2) is 57.8 Å². The highest BCUT2D eigenvalue weighted by molar-refractivity contribution is 7.90. The molecule has 1 fully saturated rings. The molecule has 2 heterocycles. The van der Waals surface area contributed by atoms with Gasteiger partial charge in [0.15, 0.2) is 5.84 Å². The summed E-state index contributed by atoms with van der Waals surface area (Å²) in [5.74, 6) is 0.246. The van der Waals surface area contributed by atoms with Gasteiger partial charge in [0.2, 0.25) is 5.91 Å². The molecule has 27 heavy (non-hydrogen) atoms. The standard InChI is InChI=1S/C20H21N3O3S/c1-2-14-7-5-8-15(13-14)21-20(24)17-10-6-12-23(17)19-16-9-3-4-11-18(16)27(25,26)22-19/h3-5,7-9,11,13,17H,2,6,10,12H2,1H3,(H,21,24)/t17-/m0/s1. The number of carbonyl (C=O) groups excluding carboxylic acids is 1. The van der Waals surface area contributed by atoms with Gasteiger partial charge >= 0.3 is 0 Å². The number of amidine groups is 1. The summed E-state index contributed by atoms with van der Waals surface area (Å²) in [4.78, 5) is 14.9. The van der Waals surface area contributed by atoms with Crippen molar-refractivity contribution in [2.45, 2.75) is 37.1 Å². The van der Waals surface area contributed by atoms with Gasteiger partial charge in [0.1, 0.15) is 10.9 Å². The van der Waals surface area contributed by atoms with Crippen LogP contribution in [0.1, 0.15) is 30.9 Å². The Balaban J connectivity index is 1.60. The topological polar surface area (TPSA) is 78.8 Å². The highest BCUT2D eigenvalue weighted by Crippen LogP contribution is 2.31. The smallest absolute Gasteiger partial charge is 0.285 e. The maximum Gasteiger partial charge on any atom is 0.285 e. The van der Waals surface area contributed by atoms with Crippen LogP contribution in [0, 0.1) is 0 Å². The van der Waals surface area contributed by atoms with Crippen LogP contribution < -0.4 is 5.32 Å². The van der Waals surface area contributed by atoms with E-state index in [4.69, 9.17) is 0 Å². The van der Waals surface area contributed by atoms with Crippen LogP contribution in [0.25, 0.3) is 0 Å². The van der Waals surface area contributed by atoms with E-state index in [1.54, 1.807) is 24.3 Å². The van der Waals surface area contributed by atoms with E-state index in [1.165, 1.54) is 0 Å². The molecule has 2 aliphatic rings. The number of nitrogens with one attached hydrogen (secondary N) is 1. The Hall–Kier alpha value is -2.67. The average molecular weight is 383 g/mol. The second-order valence-electron chi connectivity index (χ2n) is 6.78. The van der Waals surface area contributed by atoms with Crippen LogP contribution in [0.3, 0.4) is 0 Å². The van der Waals surface area contributed by atoms with E-state index in [1.807, 2.05) is 29.2 Å². The fraction of sp³-hybridized carbons (Fsp3) is 0.300. The highest BCUT2D eigenvalue weighted by Gasteiger charge is 2.39. The number of carbonyl (C=O) groups is 1. The van der Waals surface area contributed by atoms with Gasteiger partial charge in [-0.15, -0.1) is 4.40 Å². The van der Waals surface area contributed by atoms with Crippen LogP contribution in [0.4, 0.5) is 5.69 Å². The van der Waals surface area contributed by atoms with Gasteiger partial charge in [-0.3, -0.25) is 4.79 Å². The molecule has 140 valence electrons. The highest BCUT2D eigenvalue weighted by atomic mass is 32.2. The van der Waals surface area contributed by atoms with E-state index in [2.05, 4.69) is 16.6 Å². The second kappa shape index (κ2) is 6.81. The third kappa shape index (κ3) is 3.23. The van der Waals surface area contributed by atoms with Crippen molar-refractivity contribution in [2.75, 3.05) is 11.9 Å². The Labute approximate surface area is 159 Å². The van der Waals surface area contributed by atoms with Crippen molar-refractivity contribution < 1.29 is 13.2 Å². The third-order valence-electron chi connectivity index (χ3n) is 5.04. The molecule has 2 aromatic carbocycles. The Morgan fingerprint density at radius 2 is 2.04 bits per heavy atom. The van der Waals surface area contributed by atoms with Crippen LogP contribution >= 0.6 is 0 Å². The molecule has 0 bridgehead atoms. The monoisotopic (exact) mass is 383 g/mol. The zero-order chi connectivity index (χ0) is 19.0. The Morgan fingerprint density at radius 1 is 1.22 bits per heavy atom. The summed E-state index contributed by atoms with van der Waals surface area (Å²) in [7, 11) is -3.69. The summed E-state index contributed by atoms with van der Waals surface area (Å²) in [5, 5.41) is 2.97. The second-order valence-corrected chi connectivity index (χ2v) is 8.35. The van der Waals surface area contributed by atoms with Gasteiger partial charge in [-0.1, -0.05) is 31.2 Å². The van der Waals surface area contributed by atoms with E-state index in [0.29, 0.717) is 24.4 Å². The molecule has 0 saturated carbocycles. The molecular weight excluding hydrogens is 362 g/mol. The SMILES string of the molecule is CCc1cccc(NC(=O)[C@@H]2CCCN2C2=NS(=O)(=O)c3ccccc32)c1. The Bertz CT molecular complexity index is 1030. The Kier molecular flexibility index (Phi) is 4.47. The number of amides is 1. The molecule has 2 aliphatic heterocycles. The lowest BCUT2D eigenvalue weighted by atomic mass is 10.1. The maximum atomic E-state index is 12.9. The summed E-state index contributed by atoms with van der Waals surface area (Å²) in [6.07, 6.45) is 2.37. The van der Waals surface area contributed by atoms with E-state index < -0.39 is 16.1 Å². The quantitative estimate of drug-likeness (QED) is 0.884. The Morgan fingerprint density at radius 3 is 2.85 bits per heavy atom. The van der Waals surface area contributed by atoms with Gasteiger partial charge in [0.05, 0.1) is 0 Å². The maximum absolute atomic E-state index is 12.9. The number of likely N-dealkylation sites (tertiary alicyclic amines) is 1. The minimum atomic E-state index is -3.69. The normalized spacial score (nSPS) is 20.3. The van der Waals surface area contributed by atoms with Crippen molar-refractivity contribution in [2.24, 2.45) is 4.40 Å². The van der Waals surface area contributed by atoms with Gasteiger partial charge in [0, 0.05) is 17.8 Å². The first-order valence-corrected chi connectivity index (χ1v) is 10.5. The predicted molar refractivity (Wildman–Crippen MR) is 104 cm³/mol. The molecule has 7 heteroatoms. The van der Waals surface area contributed by atoms with E-state index in [0.717, 1.165) is 24.1 Å². The van der Waals surface area contributed by atoms with Gasteiger partial charge in [0.25, 0.3) is 10.0 Å². The molecule has 2 aromatic rings. The molecule has 0 radical (unpaired) electrons. The fourth-order valence-electron chi connectivity index (χ4n) is 3.68.